The van der Waals surface area contributed by atoms with Crippen molar-refractivity contribution in [1.82, 2.24) is 10.2 Å². The number of likely N-dealkylation sites (tertiary alicyclic amines) is 1. The predicted molar refractivity (Wildman–Crippen MR) is 77.7 cm³/mol. The number of carbonyl (C=O) groups is 1. The van der Waals surface area contributed by atoms with E-state index in [1.807, 2.05) is 0 Å². The number of hydrogen-bond acceptors (Lipinski definition) is 3. The van der Waals surface area contributed by atoms with E-state index in [-0.39, 0.29) is 17.9 Å². The van der Waals surface area contributed by atoms with Crippen molar-refractivity contribution in [3.8, 4) is 0 Å². The van der Waals surface area contributed by atoms with Gasteiger partial charge in [-0.1, -0.05) is 13.8 Å². The van der Waals surface area contributed by atoms with Gasteiger partial charge in [0.05, 0.1) is 0 Å². The first-order chi connectivity index (χ1) is 9.08. The number of rotatable bonds is 4. The van der Waals surface area contributed by atoms with E-state index in [1.54, 1.807) is 0 Å². The molecular formula is C15H29N3O. The van der Waals surface area contributed by atoms with Crippen molar-refractivity contribution in [3.05, 3.63) is 0 Å². The van der Waals surface area contributed by atoms with Gasteiger partial charge in [-0.05, 0) is 50.6 Å². The van der Waals surface area contributed by atoms with Gasteiger partial charge in [0.25, 0.3) is 0 Å². The quantitative estimate of drug-likeness (QED) is 0.805. The van der Waals surface area contributed by atoms with E-state index < -0.39 is 0 Å². The monoisotopic (exact) mass is 267 g/mol. The molecule has 0 aromatic heterocycles. The fraction of sp³-hybridized carbons (Fsp3) is 0.933. The van der Waals surface area contributed by atoms with Crippen molar-refractivity contribution in [3.63, 3.8) is 0 Å². The fourth-order valence-corrected chi connectivity index (χ4v) is 3.52. The molecule has 2 aliphatic rings. The molecule has 0 radical (unpaired) electrons. The van der Waals surface area contributed by atoms with Crippen LogP contribution in [0, 0.1) is 17.8 Å². The average molecular weight is 267 g/mol. The fourth-order valence-electron chi connectivity index (χ4n) is 3.52. The minimum Gasteiger partial charge on any atom is -0.355 e. The third-order valence-electron chi connectivity index (χ3n) is 4.95. The lowest BCUT2D eigenvalue weighted by Gasteiger charge is -2.36. The van der Waals surface area contributed by atoms with Crippen LogP contribution in [-0.2, 0) is 4.79 Å². The molecule has 2 rings (SSSR count). The van der Waals surface area contributed by atoms with Crippen LogP contribution >= 0.6 is 0 Å². The summed E-state index contributed by atoms with van der Waals surface area (Å²) in [7, 11) is 0. The second kappa shape index (κ2) is 6.71. The van der Waals surface area contributed by atoms with E-state index in [1.165, 1.54) is 25.9 Å². The molecule has 4 heteroatoms. The standard InChI is InChI=1S/C15H29N3O/c1-11-9-12(2)14(16)10-13(11)15(19)17-5-8-18-6-3-4-7-18/h11-14H,3-10,16H2,1-2H3,(H,17,19). The van der Waals surface area contributed by atoms with Gasteiger partial charge in [-0.2, -0.15) is 0 Å². The van der Waals surface area contributed by atoms with Crippen LogP contribution in [0.2, 0.25) is 0 Å². The summed E-state index contributed by atoms with van der Waals surface area (Å²) >= 11 is 0. The van der Waals surface area contributed by atoms with Crippen molar-refractivity contribution < 1.29 is 4.79 Å². The third-order valence-corrected chi connectivity index (χ3v) is 4.95. The number of amides is 1. The zero-order valence-corrected chi connectivity index (χ0v) is 12.4. The predicted octanol–water partition coefficient (Wildman–Crippen LogP) is 1.21. The Morgan fingerprint density at radius 2 is 1.89 bits per heavy atom. The molecule has 1 aliphatic heterocycles. The number of nitrogens with zero attached hydrogens (tertiary/aromatic N) is 1. The van der Waals surface area contributed by atoms with E-state index in [0.29, 0.717) is 11.8 Å². The molecule has 1 saturated heterocycles. The molecule has 0 spiro atoms. The Morgan fingerprint density at radius 1 is 1.21 bits per heavy atom. The van der Waals surface area contributed by atoms with Crippen LogP contribution in [-0.4, -0.2) is 43.0 Å². The first kappa shape index (κ1) is 14.8. The van der Waals surface area contributed by atoms with Gasteiger partial charge in [0.1, 0.15) is 0 Å². The summed E-state index contributed by atoms with van der Waals surface area (Å²) in [5.74, 6) is 1.34. The molecule has 19 heavy (non-hydrogen) atoms. The van der Waals surface area contributed by atoms with Gasteiger partial charge in [-0.3, -0.25) is 4.79 Å². The maximum absolute atomic E-state index is 12.2. The Morgan fingerprint density at radius 3 is 2.58 bits per heavy atom. The van der Waals surface area contributed by atoms with Gasteiger partial charge in [0.15, 0.2) is 0 Å². The molecular weight excluding hydrogens is 238 g/mol. The first-order valence-electron chi connectivity index (χ1n) is 7.83. The van der Waals surface area contributed by atoms with Crippen LogP contribution < -0.4 is 11.1 Å². The Hall–Kier alpha value is -0.610. The minimum absolute atomic E-state index is 0.116. The van der Waals surface area contributed by atoms with Gasteiger partial charge in [0.2, 0.25) is 5.91 Å². The molecule has 1 heterocycles. The Bertz CT molecular complexity index is 302. The molecule has 110 valence electrons. The Kier molecular flexibility index (Phi) is 5.22. The summed E-state index contributed by atoms with van der Waals surface area (Å²) < 4.78 is 0. The maximum Gasteiger partial charge on any atom is 0.223 e. The summed E-state index contributed by atoms with van der Waals surface area (Å²) in [5.41, 5.74) is 6.11. The number of nitrogens with two attached hydrogens (primary N) is 1. The smallest absolute Gasteiger partial charge is 0.223 e. The van der Waals surface area contributed by atoms with Crippen molar-refractivity contribution in [2.45, 2.75) is 45.6 Å². The van der Waals surface area contributed by atoms with Gasteiger partial charge < -0.3 is 16.0 Å². The van der Waals surface area contributed by atoms with E-state index >= 15 is 0 Å². The van der Waals surface area contributed by atoms with Crippen molar-refractivity contribution in [1.29, 1.82) is 0 Å². The SMILES string of the molecule is CC1CC(C)C(C(=O)NCCN2CCCC2)CC1N. The van der Waals surface area contributed by atoms with Crippen LogP contribution in [0.4, 0.5) is 0 Å². The van der Waals surface area contributed by atoms with Crippen LogP contribution in [0.25, 0.3) is 0 Å². The number of nitrogens with one attached hydrogen (secondary N) is 1. The highest BCUT2D eigenvalue weighted by Crippen LogP contribution is 2.32. The second-order valence-corrected chi connectivity index (χ2v) is 6.54. The zero-order chi connectivity index (χ0) is 13.8. The van der Waals surface area contributed by atoms with Crippen LogP contribution in [0.3, 0.4) is 0 Å². The largest absolute Gasteiger partial charge is 0.355 e. The molecule has 2 fully saturated rings. The summed E-state index contributed by atoms with van der Waals surface area (Å²) in [5, 5.41) is 3.11. The van der Waals surface area contributed by atoms with Crippen molar-refractivity contribution in [2.24, 2.45) is 23.5 Å². The van der Waals surface area contributed by atoms with E-state index in [2.05, 4.69) is 24.1 Å². The minimum atomic E-state index is 0.116. The lowest BCUT2D eigenvalue weighted by Crippen LogP contribution is -2.46. The Balaban J connectivity index is 1.72. The zero-order valence-electron chi connectivity index (χ0n) is 12.4. The molecule has 4 unspecified atom stereocenters. The molecule has 3 N–H and O–H groups in total. The molecule has 1 amide bonds. The molecule has 0 bridgehead atoms. The van der Waals surface area contributed by atoms with Crippen LogP contribution in [0.5, 0.6) is 0 Å². The highest BCUT2D eigenvalue weighted by molar-refractivity contribution is 5.79. The molecule has 1 saturated carbocycles. The molecule has 0 aromatic rings. The number of carbonyl (C=O) groups excluding carboxylic acids is 1. The Labute approximate surface area is 117 Å². The second-order valence-electron chi connectivity index (χ2n) is 6.54. The lowest BCUT2D eigenvalue weighted by molar-refractivity contribution is -0.128. The summed E-state index contributed by atoms with van der Waals surface area (Å²) in [6, 6.07) is 0.186. The van der Waals surface area contributed by atoms with Crippen LogP contribution in [0.1, 0.15) is 39.5 Å². The van der Waals surface area contributed by atoms with Crippen molar-refractivity contribution >= 4 is 5.91 Å². The van der Waals surface area contributed by atoms with Crippen LogP contribution in [0.15, 0.2) is 0 Å². The normalized spacial score (nSPS) is 36.4. The molecule has 1 aliphatic carbocycles. The van der Waals surface area contributed by atoms with Gasteiger partial charge in [-0.15, -0.1) is 0 Å². The lowest BCUT2D eigenvalue weighted by atomic mass is 9.72. The third kappa shape index (κ3) is 3.93. The highest BCUT2D eigenvalue weighted by atomic mass is 16.1. The topological polar surface area (TPSA) is 58.4 Å². The number of hydrogen-bond donors (Lipinski definition) is 2. The maximum atomic E-state index is 12.2. The van der Waals surface area contributed by atoms with E-state index in [9.17, 15) is 4.79 Å². The molecule has 0 aromatic carbocycles. The summed E-state index contributed by atoms with van der Waals surface area (Å²) in [4.78, 5) is 14.7. The van der Waals surface area contributed by atoms with Gasteiger partial charge >= 0.3 is 0 Å². The van der Waals surface area contributed by atoms with Gasteiger partial charge in [-0.25, -0.2) is 0 Å². The summed E-state index contributed by atoms with van der Waals surface area (Å²) in [6.07, 6.45) is 4.53. The van der Waals surface area contributed by atoms with E-state index in [4.69, 9.17) is 5.73 Å². The summed E-state index contributed by atoms with van der Waals surface area (Å²) in [6.45, 7) is 8.55. The molecule has 4 atom stereocenters. The van der Waals surface area contributed by atoms with Crippen molar-refractivity contribution in [2.75, 3.05) is 26.2 Å². The average Bonchev–Trinajstić information content (AvgIpc) is 2.86. The van der Waals surface area contributed by atoms with Gasteiger partial charge in [0, 0.05) is 25.0 Å². The molecule has 4 nitrogen and oxygen atoms in total. The van der Waals surface area contributed by atoms with E-state index in [0.717, 1.165) is 25.9 Å². The highest BCUT2D eigenvalue weighted by Gasteiger charge is 2.34. The first-order valence-corrected chi connectivity index (χ1v) is 7.83.